The van der Waals surface area contributed by atoms with Gasteiger partial charge in [-0.25, -0.2) is 13.1 Å². The number of hydrogen-bond acceptors (Lipinski definition) is 3. The third-order valence-corrected chi connectivity index (χ3v) is 3.98. The average molecular weight is 276 g/mol. The van der Waals surface area contributed by atoms with Crippen molar-refractivity contribution in [3.8, 4) is 0 Å². The highest BCUT2D eigenvalue weighted by atomic mass is 35.5. The van der Waals surface area contributed by atoms with E-state index in [1.54, 1.807) is 13.0 Å². The van der Waals surface area contributed by atoms with Crippen LogP contribution < -0.4 is 4.72 Å². The minimum atomic E-state index is -3.82. The first kappa shape index (κ1) is 14.0. The SMILES string of the molecule is CCC(C)C(=O)NS(=O)(=O)c1cccc(Cl)c1. The zero-order valence-electron chi connectivity index (χ0n) is 9.60. The molecule has 1 unspecified atom stereocenters. The van der Waals surface area contributed by atoms with Crippen LogP contribution in [0.3, 0.4) is 0 Å². The first-order chi connectivity index (χ1) is 7.86. The molecule has 1 amide bonds. The van der Waals surface area contributed by atoms with Crippen LogP contribution in [0.1, 0.15) is 20.3 Å². The summed E-state index contributed by atoms with van der Waals surface area (Å²) < 4.78 is 25.7. The van der Waals surface area contributed by atoms with Gasteiger partial charge in [0, 0.05) is 10.9 Å². The first-order valence-electron chi connectivity index (χ1n) is 5.19. The van der Waals surface area contributed by atoms with Gasteiger partial charge in [-0.1, -0.05) is 31.5 Å². The van der Waals surface area contributed by atoms with E-state index in [0.717, 1.165) is 0 Å². The zero-order chi connectivity index (χ0) is 13.1. The number of carbonyl (C=O) groups excluding carboxylic acids is 1. The fourth-order valence-electron chi connectivity index (χ4n) is 1.11. The summed E-state index contributed by atoms with van der Waals surface area (Å²) in [6, 6.07) is 5.77. The van der Waals surface area contributed by atoms with Gasteiger partial charge in [0.2, 0.25) is 5.91 Å². The maximum Gasteiger partial charge on any atom is 0.264 e. The van der Waals surface area contributed by atoms with Gasteiger partial charge in [0.15, 0.2) is 0 Å². The van der Waals surface area contributed by atoms with Crippen molar-refractivity contribution in [1.82, 2.24) is 4.72 Å². The van der Waals surface area contributed by atoms with Gasteiger partial charge in [0.25, 0.3) is 10.0 Å². The van der Waals surface area contributed by atoms with Crippen LogP contribution in [0, 0.1) is 5.92 Å². The van der Waals surface area contributed by atoms with E-state index in [4.69, 9.17) is 11.6 Å². The third kappa shape index (κ3) is 3.71. The Morgan fingerprint density at radius 2 is 2.12 bits per heavy atom. The molecule has 1 N–H and O–H groups in total. The molecule has 1 aromatic carbocycles. The molecule has 0 saturated heterocycles. The topological polar surface area (TPSA) is 63.2 Å². The predicted molar refractivity (Wildman–Crippen MR) is 66.2 cm³/mol. The van der Waals surface area contributed by atoms with Gasteiger partial charge in [-0.15, -0.1) is 0 Å². The van der Waals surface area contributed by atoms with Crippen LogP contribution >= 0.6 is 11.6 Å². The summed E-state index contributed by atoms with van der Waals surface area (Å²) in [7, 11) is -3.82. The summed E-state index contributed by atoms with van der Waals surface area (Å²) in [5.74, 6) is -0.851. The lowest BCUT2D eigenvalue weighted by Crippen LogP contribution is -2.34. The Morgan fingerprint density at radius 3 is 2.65 bits per heavy atom. The fourth-order valence-corrected chi connectivity index (χ4v) is 2.49. The first-order valence-corrected chi connectivity index (χ1v) is 7.05. The Labute approximate surface area is 106 Å². The lowest BCUT2D eigenvalue weighted by atomic mass is 10.1. The van der Waals surface area contributed by atoms with Crippen LogP contribution in [0.4, 0.5) is 0 Å². The standard InChI is InChI=1S/C11H14ClNO3S/c1-3-8(2)11(14)13-17(15,16)10-6-4-5-9(12)7-10/h4-8H,3H2,1-2H3,(H,13,14). The number of benzene rings is 1. The average Bonchev–Trinajstić information content (AvgIpc) is 2.27. The minimum absolute atomic E-state index is 0.0124. The van der Waals surface area contributed by atoms with Crippen molar-refractivity contribution in [2.24, 2.45) is 5.92 Å². The molecule has 94 valence electrons. The summed E-state index contributed by atoms with van der Waals surface area (Å²) >= 11 is 5.70. The summed E-state index contributed by atoms with van der Waals surface area (Å²) in [5, 5.41) is 0.309. The van der Waals surface area contributed by atoms with Gasteiger partial charge in [-0.2, -0.15) is 0 Å². The Bertz CT molecular complexity index is 513. The second kappa shape index (κ2) is 5.51. The Kier molecular flexibility index (Phi) is 4.54. The molecule has 0 radical (unpaired) electrons. The molecule has 0 aliphatic rings. The van der Waals surface area contributed by atoms with E-state index in [2.05, 4.69) is 0 Å². The number of amides is 1. The van der Waals surface area contributed by atoms with Crippen LogP contribution in [0.15, 0.2) is 29.2 Å². The molecule has 0 saturated carbocycles. The lowest BCUT2D eigenvalue weighted by molar-refractivity contribution is -0.122. The van der Waals surface area contributed by atoms with Gasteiger partial charge in [-0.05, 0) is 24.6 Å². The second-order valence-electron chi connectivity index (χ2n) is 3.74. The zero-order valence-corrected chi connectivity index (χ0v) is 11.2. The Morgan fingerprint density at radius 1 is 1.47 bits per heavy atom. The number of nitrogens with one attached hydrogen (secondary N) is 1. The number of halogens is 1. The highest BCUT2D eigenvalue weighted by Crippen LogP contribution is 2.15. The molecule has 0 heterocycles. The molecule has 1 aromatic rings. The van der Waals surface area contributed by atoms with Crippen molar-refractivity contribution in [3.63, 3.8) is 0 Å². The number of hydrogen-bond donors (Lipinski definition) is 1. The molecule has 0 aliphatic carbocycles. The maximum atomic E-state index is 11.8. The van der Waals surface area contributed by atoms with Crippen LogP contribution in [0.5, 0.6) is 0 Å². The smallest absolute Gasteiger partial charge is 0.264 e. The van der Waals surface area contributed by atoms with Crippen molar-refractivity contribution in [2.75, 3.05) is 0 Å². The molecule has 0 aliphatic heterocycles. The second-order valence-corrected chi connectivity index (χ2v) is 5.86. The quantitative estimate of drug-likeness (QED) is 0.916. The van der Waals surface area contributed by atoms with Crippen molar-refractivity contribution in [3.05, 3.63) is 29.3 Å². The molecule has 0 bridgehead atoms. The Hall–Kier alpha value is -1.07. The van der Waals surface area contributed by atoms with Crippen molar-refractivity contribution < 1.29 is 13.2 Å². The molecular weight excluding hydrogens is 262 g/mol. The minimum Gasteiger partial charge on any atom is -0.274 e. The van der Waals surface area contributed by atoms with Gasteiger partial charge < -0.3 is 0 Å². The van der Waals surface area contributed by atoms with Crippen LogP contribution in [0.25, 0.3) is 0 Å². The van der Waals surface area contributed by atoms with Gasteiger partial charge in [0.05, 0.1) is 4.90 Å². The molecule has 6 heteroatoms. The van der Waals surface area contributed by atoms with E-state index in [9.17, 15) is 13.2 Å². The molecule has 1 rings (SSSR count). The molecule has 4 nitrogen and oxygen atoms in total. The molecule has 0 spiro atoms. The van der Waals surface area contributed by atoms with Crippen LogP contribution in [-0.2, 0) is 14.8 Å². The molecule has 17 heavy (non-hydrogen) atoms. The van der Waals surface area contributed by atoms with Crippen LogP contribution in [-0.4, -0.2) is 14.3 Å². The van der Waals surface area contributed by atoms with E-state index >= 15 is 0 Å². The largest absolute Gasteiger partial charge is 0.274 e. The maximum absolute atomic E-state index is 11.8. The monoisotopic (exact) mass is 275 g/mol. The summed E-state index contributed by atoms with van der Waals surface area (Å²) in [6.07, 6.45) is 0.580. The lowest BCUT2D eigenvalue weighted by Gasteiger charge is -2.10. The van der Waals surface area contributed by atoms with E-state index in [-0.39, 0.29) is 10.8 Å². The predicted octanol–water partition coefficient (Wildman–Crippen LogP) is 2.19. The highest BCUT2D eigenvalue weighted by Gasteiger charge is 2.20. The summed E-state index contributed by atoms with van der Waals surface area (Å²) in [4.78, 5) is 11.5. The highest BCUT2D eigenvalue weighted by molar-refractivity contribution is 7.90. The molecule has 0 fully saturated rings. The third-order valence-electron chi connectivity index (χ3n) is 2.40. The van der Waals surface area contributed by atoms with Crippen molar-refractivity contribution >= 4 is 27.5 Å². The number of rotatable bonds is 4. The summed E-state index contributed by atoms with van der Waals surface area (Å²) in [6.45, 7) is 3.49. The molecule has 0 aromatic heterocycles. The van der Waals surface area contributed by atoms with E-state index < -0.39 is 15.9 Å². The van der Waals surface area contributed by atoms with Crippen molar-refractivity contribution in [2.45, 2.75) is 25.2 Å². The van der Waals surface area contributed by atoms with E-state index in [1.165, 1.54) is 18.2 Å². The van der Waals surface area contributed by atoms with E-state index in [0.29, 0.717) is 11.4 Å². The van der Waals surface area contributed by atoms with E-state index in [1.807, 2.05) is 11.6 Å². The Balaban J connectivity index is 2.94. The van der Waals surface area contributed by atoms with Crippen molar-refractivity contribution in [1.29, 1.82) is 0 Å². The molecular formula is C11H14ClNO3S. The normalized spacial score (nSPS) is 13.1. The van der Waals surface area contributed by atoms with Gasteiger partial charge >= 0.3 is 0 Å². The number of carbonyl (C=O) groups is 1. The molecule has 1 atom stereocenters. The van der Waals surface area contributed by atoms with Gasteiger partial charge in [0.1, 0.15) is 0 Å². The number of sulfonamides is 1. The fraction of sp³-hybridized carbons (Fsp3) is 0.364. The van der Waals surface area contributed by atoms with Gasteiger partial charge in [-0.3, -0.25) is 4.79 Å². The summed E-state index contributed by atoms with van der Waals surface area (Å²) in [5.41, 5.74) is 0. The van der Waals surface area contributed by atoms with Crippen LogP contribution in [0.2, 0.25) is 5.02 Å².